The van der Waals surface area contributed by atoms with Crippen molar-refractivity contribution >= 4 is 29.9 Å². The number of halogens is 1. The number of aryl methyl sites for hydroxylation is 2. The summed E-state index contributed by atoms with van der Waals surface area (Å²) in [5, 5.41) is 7.15. The third kappa shape index (κ3) is 4.73. The van der Waals surface area contributed by atoms with Crippen molar-refractivity contribution in [3.63, 3.8) is 0 Å². The summed E-state index contributed by atoms with van der Waals surface area (Å²) in [6.07, 6.45) is 15.7. The van der Waals surface area contributed by atoms with Crippen LogP contribution in [0.15, 0.2) is 11.2 Å². The van der Waals surface area contributed by atoms with Crippen LogP contribution in [0.5, 0.6) is 0 Å². The molecule has 0 bridgehead atoms. The Balaban J connectivity index is 0.00000196. The lowest BCUT2D eigenvalue weighted by Crippen LogP contribution is -2.46. The number of imidazole rings is 1. The van der Waals surface area contributed by atoms with Gasteiger partial charge >= 0.3 is 0 Å². The van der Waals surface area contributed by atoms with Crippen LogP contribution in [0, 0.1) is 11.8 Å². The lowest BCUT2D eigenvalue weighted by molar-refractivity contribution is 0.150. The topological polar surface area (TPSA) is 54.2 Å². The zero-order valence-corrected chi connectivity index (χ0v) is 18.4. The fourth-order valence-electron chi connectivity index (χ4n) is 5.12. The smallest absolute Gasteiger partial charge is 0.191 e. The fourth-order valence-corrected chi connectivity index (χ4v) is 5.12. The van der Waals surface area contributed by atoms with Crippen LogP contribution < -0.4 is 10.6 Å². The number of aliphatic imine (C=N–C) groups is 1. The molecule has 3 atom stereocenters. The van der Waals surface area contributed by atoms with E-state index < -0.39 is 0 Å². The van der Waals surface area contributed by atoms with Gasteiger partial charge in [0.2, 0.25) is 0 Å². The molecule has 0 amide bonds. The SMILES string of the molecule is CN=C(NCc1cn2c(n1)CCCC2)NC1CCC2CCCCC2C1.I. The molecule has 2 saturated carbocycles. The third-order valence-corrected chi connectivity index (χ3v) is 6.50. The first-order valence-corrected chi connectivity index (χ1v) is 10.3. The maximum Gasteiger partial charge on any atom is 0.191 e. The minimum Gasteiger partial charge on any atom is -0.354 e. The van der Waals surface area contributed by atoms with Crippen molar-refractivity contribution in [2.75, 3.05) is 7.05 Å². The monoisotopic (exact) mass is 471 g/mol. The van der Waals surface area contributed by atoms with Crippen LogP contribution in [0.3, 0.4) is 0 Å². The van der Waals surface area contributed by atoms with Gasteiger partial charge in [-0.2, -0.15) is 0 Å². The summed E-state index contributed by atoms with van der Waals surface area (Å²) in [6.45, 7) is 1.89. The van der Waals surface area contributed by atoms with Crippen LogP contribution in [-0.2, 0) is 19.5 Å². The number of rotatable bonds is 3. The molecule has 0 radical (unpaired) electrons. The van der Waals surface area contributed by atoms with Crippen LogP contribution in [0.2, 0.25) is 0 Å². The quantitative estimate of drug-likeness (QED) is 0.400. The van der Waals surface area contributed by atoms with Crippen molar-refractivity contribution in [3.05, 3.63) is 17.7 Å². The van der Waals surface area contributed by atoms with Gasteiger partial charge in [-0.1, -0.05) is 25.7 Å². The van der Waals surface area contributed by atoms with Crippen molar-refractivity contribution in [1.82, 2.24) is 20.2 Å². The van der Waals surface area contributed by atoms with Gasteiger partial charge in [0.15, 0.2) is 5.96 Å². The molecule has 0 aromatic carbocycles. The molecule has 146 valence electrons. The maximum atomic E-state index is 4.78. The van der Waals surface area contributed by atoms with E-state index in [9.17, 15) is 0 Å². The molecular weight excluding hydrogens is 437 g/mol. The molecule has 3 aliphatic rings. The predicted octanol–water partition coefficient (Wildman–Crippen LogP) is 3.86. The summed E-state index contributed by atoms with van der Waals surface area (Å²) < 4.78 is 2.32. The van der Waals surface area contributed by atoms with E-state index in [4.69, 9.17) is 4.98 Å². The average Bonchev–Trinajstić information content (AvgIpc) is 3.08. The van der Waals surface area contributed by atoms with Gasteiger partial charge in [0.25, 0.3) is 0 Å². The van der Waals surface area contributed by atoms with Gasteiger partial charge in [-0.15, -0.1) is 24.0 Å². The highest BCUT2D eigenvalue weighted by atomic mass is 127. The molecule has 5 nitrogen and oxygen atoms in total. The van der Waals surface area contributed by atoms with Crippen molar-refractivity contribution in [1.29, 1.82) is 0 Å². The first-order chi connectivity index (χ1) is 12.3. The molecule has 1 aliphatic heterocycles. The van der Waals surface area contributed by atoms with Crippen LogP contribution in [0.25, 0.3) is 0 Å². The van der Waals surface area contributed by atoms with E-state index in [0.29, 0.717) is 6.04 Å². The van der Waals surface area contributed by atoms with Gasteiger partial charge in [-0.05, 0) is 43.9 Å². The Hall–Kier alpha value is -0.790. The fraction of sp³-hybridized carbons (Fsp3) is 0.800. The number of nitrogens with zero attached hydrogens (tertiary/aromatic N) is 3. The van der Waals surface area contributed by atoms with Crippen molar-refractivity contribution in [2.24, 2.45) is 16.8 Å². The normalized spacial score (nSPS) is 28.5. The van der Waals surface area contributed by atoms with Gasteiger partial charge in [0, 0.05) is 32.3 Å². The summed E-state index contributed by atoms with van der Waals surface area (Å²) >= 11 is 0. The molecule has 3 unspecified atom stereocenters. The molecule has 6 heteroatoms. The minimum atomic E-state index is 0. The molecule has 2 heterocycles. The number of hydrogen-bond acceptors (Lipinski definition) is 2. The highest BCUT2D eigenvalue weighted by Gasteiger charge is 2.32. The molecule has 4 rings (SSSR count). The van der Waals surface area contributed by atoms with E-state index in [1.165, 1.54) is 63.6 Å². The van der Waals surface area contributed by atoms with Crippen LogP contribution in [-0.4, -0.2) is 28.6 Å². The van der Waals surface area contributed by atoms with E-state index in [-0.39, 0.29) is 24.0 Å². The molecule has 0 spiro atoms. The Morgan fingerprint density at radius 3 is 2.81 bits per heavy atom. The molecule has 2 N–H and O–H groups in total. The van der Waals surface area contributed by atoms with Gasteiger partial charge in [0.05, 0.1) is 12.2 Å². The zero-order chi connectivity index (χ0) is 17.1. The Kier molecular flexibility index (Phi) is 7.23. The molecule has 1 aromatic heterocycles. The van der Waals surface area contributed by atoms with Gasteiger partial charge in [-0.3, -0.25) is 4.99 Å². The van der Waals surface area contributed by atoms with E-state index in [2.05, 4.69) is 26.4 Å². The lowest BCUT2D eigenvalue weighted by Gasteiger charge is -2.39. The Morgan fingerprint density at radius 2 is 2.00 bits per heavy atom. The van der Waals surface area contributed by atoms with Crippen molar-refractivity contribution < 1.29 is 0 Å². The van der Waals surface area contributed by atoms with E-state index >= 15 is 0 Å². The van der Waals surface area contributed by atoms with E-state index in [1.54, 1.807) is 0 Å². The van der Waals surface area contributed by atoms with Crippen LogP contribution in [0.1, 0.15) is 69.3 Å². The molecular formula is C20H34IN5. The molecule has 0 saturated heterocycles. The van der Waals surface area contributed by atoms with Crippen molar-refractivity contribution in [2.45, 2.75) is 83.3 Å². The second-order valence-corrected chi connectivity index (χ2v) is 8.18. The van der Waals surface area contributed by atoms with Crippen molar-refractivity contribution in [3.8, 4) is 0 Å². The predicted molar refractivity (Wildman–Crippen MR) is 117 cm³/mol. The molecule has 26 heavy (non-hydrogen) atoms. The summed E-state index contributed by atoms with van der Waals surface area (Å²) in [4.78, 5) is 9.22. The largest absolute Gasteiger partial charge is 0.354 e. The summed E-state index contributed by atoms with van der Waals surface area (Å²) in [5.41, 5.74) is 1.14. The summed E-state index contributed by atoms with van der Waals surface area (Å²) in [5.74, 6) is 4.13. The summed E-state index contributed by atoms with van der Waals surface area (Å²) in [6, 6.07) is 0.584. The second kappa shape index (κ2) is 9.42. The summed E-state index contributed by atoms with van der Waals surface area (Å²) in [7, 11) is 1.87. The Bertz CT molecular complexity index is 588. The Morgan fingerprint density at radius 1 is 1.15 bits per heavy atom. The van der Waals surface area contributed by atoms with E-state index in [0.717, 1.165) is 43.0 Å². The van der Waals surface area contributed by atoms with Gasteiger partial charge < -0.3 is 15.2 Å². The standard InChI is InChI=1S/C20H33N5.HI/c1-21-20(22-13-18-14-25-11-5-4-8-19(25)23-18)24-17-10-9-15-6-2-3-7-16(15)12-17;/h14-17H,2-13H2,1H3,(H2,21,22,24);1H. The number of fused-ring (bicyclic) bond motifs is 2. The molecule has 2 fully saturated rings. The first kappa shape index (κ1) is 20.0. The molecule has 2 aliphatic carbocycles. The first-order valence-electron chi connectivity index (χ1n) is 10.3. The van der Waals surface area contributed by atoms with Gasteiger partial charge in [0.1, 0.15) is 5.82 Å². The maximum absolute atomic E-state index is 4.78. The molecule has 1 aromatic rings. The highest BCUT2D eigenvalue weighted by Crippen LogP contribution is 2.40. The average molecular weight is 471 g/mol. The Labute approximate surface area is 174 Å². The van der Waals surface area contributed by atoms with Crippen LogP contribution in [0.4, 0.5) is 0 Å². The highest BCUT2D eigenvalue weighted by molar-refractivity contribution is 14.0. The number of guanidine groups is 1. The minimum absolute atomic E-state index is 0. The van der Waals surface area contributed by atoms with Gasteiger partial charge in [-0.25, -0.2) is 4.98 Å². The lowest BCUT2D eigenvalue weighted by atomic mass is 9.69. The zero-order valence-electron chi connectivity index (χ0n) is 16.0. The number of nitrogens with one attached hydrogen (secondary N) is 2. The second-order valence-electron chi connectivity index (χ2n) is 8.18. The van der Waals surface area contributed by atoms with E-state index in [1.807, 2.05) is 7.05 Å². The third-order valence-electron chi connectivity index (χ3n) is 6.50. The number of hydrogen-bond donors (Lipinski definition) is 2. The number of aromatic nitrogens is 2. The van der Waals surface area contributed by atoms with Crippen LogP contribution >= 0.6 is 24.0 Å².